The van der Waals surface area contributed by atoms with Gasteiger partial charge in [-0.25, -0.2) is 0 Å². The first-order valence-electron chi connectivity index (χ1n) is 9.74. The van der Waals surface area contributed by atoms with Crippen molar-refractivity contribution in [3.63, 3.8) is 0 Å². The van der Waals surface area contributed by atoms with Gasteiger partial charge in [-0.1, -0.05) is 56.3 Å². The van der Waals surface area contributed by atoms with Gasteiger partial charge >= 0.3 is 0 Å². The van der Waals surface area contributed by atoms with Gasteiger partial charge in [-0.05, 0) is 50.4 Å². The highest BCUT2D eigenvalue weighted by molar-refractivity contribution is 5.94. The van der Waals surface area contributed by atoms with E-state index in [4.69, 9.17) is 4.74 Å². The zero-order valence-corrected chi connectivity index (χ0v) is 16.1. The second-order valence-corrected chi connectivity index (χ2v) is 7.13. The Morgan fingerprint density at radius 2 is 1.77 bits per heavy atom. The van der Waals surface area contributed by atoms with Crippen molar-refractivity contribution in [3.8, 4) is 16.9 Å². The zero-order chi connectivity index (χ0) is 18.5. The van der Waals surface area contributed by atoms with Crippen molar-refractivity contribution in [1.82, 2.24) is 4.90 Å². The van der Waals surface area contributed by atoms with E-state index in [0.717, 1.165) is 48.6 Å². The standard InChI is InChI=1S/C23H29NO2/c1-4-13-24(14-5-2)21-15-20-7-6-8-22(23(20)26-16-21)19-11-9-18(10-12-19)17(3)25/h6-12,21H,4-5,13-16H2,1-3H3. The molecule has 3 rings (SSSR count). The molecule has 1 aliphatic heterocycles. The lowest BCUT2D eigenvalue weighted by molar-refractivity contribution is 0.101. The van der Waals surface area contributed by atoms with Crippen molar-refractivity contribution in [2.75, 3.05) is 19.7 Å². The summed E-state index contributed by atoms with van der Waals surface area (Å²) in [5, 5.41) is 0. The molecule has 0 fully saturated rings. The number of para-hydroxylation sites is 1. The van der Waals surface area contributed by atoms with Crippen molar-refractivity contribution in [3.05, 3.63) is 53.6 Å². The molecule has 3 heteroatoms. The lowest BCUT2D eigenvalue weighted by Crippen LogP contribution is -2.44. The molecule has 0 bridgehead atoms. The Morgan fingerprint density at radius 1 is 1.08 bits per heavy atom. The minimum absolute atomic E-state index is 0.0951. The summed E-state index contributed by atoms with van der Waals surface area (Å²) in [6.07, 6.45) is 3.38. The number of ether oxygens (including phenoxy) is 1. The van der Waals surface area contributed by atoms with Gasteiger partial charge in [0.15, 0.2) is 5.78 Å². The third-order valence-electron chi connectivity index (χ3n) is 5.11. The summed E-state index contributed by atoms with van der Waals surface area (Å²) in [4.78, 5) is 14.1. The number of ketones is 1. The Kier molecular flexibility index (Phi) is 6.10. The highest BCUT2D eigenvalue weighted by Crippen LogP contribution is 2.37. The highest BCUT2D eigenvalue weighted by Gasteiger charge is 2.26. The first-order valence-corrected chi connectivity index (χ1v) is 9.74. The fraction of sp³-hybridized carbons (Fsp3) is 0.435. The second-order valence-electron chi connectivity index (χ2n) is 7.13. The molecule has 0 saturated heterocycles. The maximum atomic E-state index is 11.5. The Morgan fingerprint density at radius 3 is 2.38 bits per heavy atom. The third-order valence-corrected chi connectivity index (χ3v) is 5.11. The fourth-order valence-corrected chi connectivity index (χ4v) is 3.81. The van der Waals surface area contributed by atoms with E-state index in [2.05, 4.69) is 36.9 Å². The van der Waals surface area contributed by atoms with E-state index < -0.39 is 0 Å². The monoisotopic (exact) mass is 351 g/mol. The highest BCUT2D eigenvalue weighted by atomic mass is 16.5. The molecule has 0 amide bonds. The van der Waals surface area contributed by atoms with Crippen LogP contribution in [0, 0.1) is 0 Å². The summed E-state index contributed by atoms with van der Waals surface area (Å²) in [6.45, 7) is 9.08. The van der Waals surface area contributed by atoms with Crippen LogP contribution in [-0.4, -0.2) is 36.4 Å². The second kappa shape index (κ2) is 8.50. The van der Waals surface area contributed by atoms with Gasteiger partial charge in [0.05, 0.1) is 0 Å². The van der Waals surface area contributed by atoms with Crippen molar-refractivity contribution >= 4 is 5.78 Å². The van der Waals surface area contributed by atoms with E-state index in [1.54, 1.807) is 6.92 Å². The first kappa shape index (κ1) is 18.7. The fourth-order valence-electron chi connectivity index (χ4n) is 3.81. The Labute approximate surface area is 157 Å². The summed E-state index contributed by atoms with van der Waals surface area (Å²) < 4.78 is 6.26. The molecule has 0 radical (unpaired) electrons. The molecule has 26 heavy (non-hydrogen) atoms. The van der Waals surface area contributed by atoms with Crippen LogP contribution in [-0.2, 0) is 6.42 Å². The van der Waals surface area contributed by atoms with Crippen LogP contribution in [0.5, 0.6) is 5.75 Å². The Balaban J connectivity index is 1.85. The molecule has 0 saturated carbocycles. The number of carbonyl (C=O) groups excluding carboxylic acids is 1. The predicted octanol–water partition coefficient (Wildman–Crippen LogP) is 4.98. The van der Waals surface area contributed by atoms with Crippen LogP contribution in [0.4, 0.5) is 0 Å². The van der Waals surface area contributed by atoms with Crippen LogP contribution in [0.1, 0.15) is 49.5 Å². The average Bonchev–Trinajstić information content (AvgIpc) is 2.67. The van der Waals surface area contributed by atoms with Gasteiger partial charge < -0.3 is 4.74 Å². The number of Topliss-reactive ketones (excluding diaryl/α,β-unsaturated/α-hetero) is 1. The first-order chi connectivity index (χ1) is 12.6. The maximum absolute atomic E-state index is 11.5. The molecule has 0 aromatic heterocycles. The zero-order valence-electron chi connectivity index (χ0n) is 16.1. The van der Waals surface area contributed by atoms with Crippen LogP contribution in [0.2, 0.25) is 0 Å². The predicted molar refractivity (Wildman–Crippen MR) is 107 cm³/mol. The number of hydrogen-bond donors (Lipinski definition) is 0. The topological polar surface area (TPSA) is 29.5 Å². The molecule has 138 valence electrons. The summed E-state index contributed by atoms with van der Waals surface area (Å²) in [6, 6.07) is 14.7. The minimum Gasteiger partial charge on any atom is -0.491 e. The van der Waals surface area contributed by atoms with Crippen LogP contribution >= 0.6 is 0 Å². The maximum Gasteiger partial charge on any atom is 0.159 e. The van der Waals surface area contributed by atoms with E-state index >= 15 is 0 Å². The summed E-state index contributed by atoms with van der Waals surface area (Å²) in [5.41, 5.74) is 4.25. The van der Waals surface area contributed by atoms with Crippen LogP contribution in [0.3, 0.4) is 0 Å². The van der Waals surface area contributed by atoms with Crippen molar-refractivity contribution in [2.45, 2.75) is 46.1 Å². The third kappa shape index (κ3) is 3.99. The van der Waals surface area contributed by atoms with Crippen molar-refractivity contribution in [1.29, 1.82) is 0 Å². The summed E-state index contributed by atoms with van der Waals surface area (Å²) in [7, 11) is 0. The summed E-state index contributed by atoms with van der Waals surface area (Å²) in [5.74, 6) is 1.10. The van der Waals surface area contributed by atoms with Gasteiger partial charge in [0.1, 0.15) is 12.4 Å². The molecular formula is C23H29NO2. The molecule has 1 atom stereocenters. The van der Waals surface area contributed by atoms with E-state index in [9.17, 15) is 4.79 Å². The number of carbonyl (C=O) groups is 1. The average molecular weight is 351 g/mol. The van der Waals surface area contributed by atoms with Gasteiger partial charge in [-0.3, -0.25) is 9.69 Å². The van der Waals surface area contributed by atoms with Crippen molar-refractivity contribution in [2.24, 2.45) is 0 Å². The van der Waals surface area contributed by atoms with Crippen LogP contribution in [0.25, 0.3) is 11.1 Å². The molecule has 1 heterocycles. The van der Waals surface area contributed by atoms with E-state index in [0.29, 0.717) is 6.04 Å². The van der Waals surface area contributed by atoms with Gasteiger partial charge in [-0.15, -0.1) is 0 Å². The smallest absolute Gasteiger partial charge is 0.159 e. The van der Waals surface area contributed by atoms with E-state index in [1.807, 2.05) is 24.3 Å². The molecule has 1 unspecified atom stereocenters. The van der Waals surface area contributed by atoms with Gasteiger partial charge in [-0.2, -0.15) is 0 Å². The van der Waals surface area contributed by atoms with Crippen molar-refractivity contribution < 1.29 is 9.53 Å². The number of hydrogen-bond acceptors (Lipinski definition) is 3. The largest absolute Gasteiger partial charge is 0.491 e. The molecule has 0 aliphatic carbocycles. The Hall–Kier alpha value is -2.13. The number of nitrogens with zero attached hydrogens (tertiary/aromatic N) is 1. The molecular weight excluding hydrogens is 322 g/mol. The normalized spacial score (nSPS) is 16.2. The Bertz CT molecular complexity index is 745. The lowest BCUT2D eigenvalue weighted by Gasteiger charge is -2.35. The van der Waals surface area contributed by atoms with Gasteiger partial charge in [0.2, 0.25) is 0 Å². The molecule has 0 N–H and O–H groups in total. The SMILES string of the molecule is CCCN(CCC)C1COc2c(cccc2-c2ccc(C(C)=O)cc2)C1. The number of rotatable bonds is 7. The van der Waals surface area contributed by atoms with Crippen LogP contribution in [0.15, 0.2) is 42.5 Å². The molecule has 0 spiro atoms. The van der Waals surface area contributed by atoms with Gasteiger partial charge in [0.25, 0.3) is 0 Å². The van der Waals surface area contributed by atoms with E-state index in [-0.39, 0.29) is 5.78 Å². The summed E-state index contributed by atoms with van der Waals surface area (Å²) >= 11 is 0. The van der Waals surface area contributed by atoms with E-state index in [1.165, 1.54) is 18.4 Å². The minimum atomic E-state index is 0.0951. The quantitative estimate of drug-likeness (QED) is 0.659. The molecule has 2 aromatic carbocycles. The van der Waals surface area contributed by atoms with Crippen LogP contribution < -0.4 is 4.74 Å². The lowest BCUT2D eigenvalue weighted by atomic mass is 9.94. The molecule has 1 aliphatic rings. The number of benzene rings is 2. The van der Waals surface area contributed by atoms with Gasteiger partial charge in [0, 0.05) is 17.2 Å². The number of fused-ring (bicyclic) bond motifs is 1. The molecule has 2 aromatic rings. The molecule has 3 nitrogen and oxygen atoms in total.